The molecule has 0 radical (unpaired) electrons. The largest absolute Gasteiger partial charge is 0.465 e. The van der Waals surface area contributed by atoms with Crippen LogP contribution < -0.4 is 4.72 Å². The van der Waals surface area contributed by atoms with Gasteiger partial charge >= 0.3 is 5.97 Å². The maximum atomic E-state index is 12.2. The molecule has 6 nitrogen and oxygen atoms in total. The van der Waals surface area contributed by atoms with E-state index >= 15 is 0 Å². The third kappa shape index (κ3) is 5.45. The van der Waals surface area contributed by atoms with Crippen LogP contribution in [0.1, 0.15) is 29.6 Å². The number of carbonyl (C=O) groups excluding carboxylic acids is 1. The van der Waals surface area contributed by atoms with Crippen molar-refractivity contribution in [2.24, 2.45) is 0 Å². The summed E-state index contributed by atoms with van der Waals surface area (Å²) in [5.74, 6) is -0.670. The monoisotopic (exact) mass is 315 g/mol. The van der Waals surface area contributed by atoms with E-state index < -0.39 is 16.0 Å². The lowest BCUT2D eigenvalue weighted by atomic mass is 10.2. The second-order valence-corrected chi connectivity index (χ2v) is 6.17. The fourth-order valence-electron chi connectivity index (χ4n) is 1.81. The van der Waals surface area contributed by atoms with Crippen molar-refractivity contribution in [2.75, 3.05) is 27.4 Å². The fraction of sp³-hybridized carbons (Fsp3) is 0.500. The van der Waals surface area contributed by atoms with Gasteiger partial charge in [0, 0.05) is 20.3 Å². The molecule has 0 aliphatic carbocycles. The lowest BCUT2D eigenvalue weighted by Crippen LogP contribution is -2.26. The van der Waals surface area contributed by atoms with Crippen LogP contribution in [-0.2, 0) is 19.5 Å². The highest BCUT2D eigenvalue weighted by Gasteiger charge is 2.21. The number of hydrogen-bond acceptors (Lipinski definition) is 5. The minimum absolute atomic E-state index is 0.0342. The Balaban J connectivity index is 2.68. The standard InChI is InChI=1S/C14H21NO5S/c1-19-11-7-3-6-10-15-21(17,18)13-9-5-4-8-12(13)14(16)20-2/h4-5,8-9,15H,3,6-7,10-11H2,1-2H3. The number of esters is 1. The molecule has 0 spiro atoms. The van der Waals surface area contributed by atoms with E-state index in [1.54, 1.807) is 19.2 Å². The van der Waals surface area contributed by atoms with E-state index in [-0.39, 0.29) is 10.5 Å². The molecule has 0 atom stereocenters. The van der Waals surface area contributed by atoms with E-state index in [0.717, 1.165) is 12.8 Å². The van der Waals surface area contributed by atoms with Gasteiger partial charge in [-0.2, -0.15) is 0 Å². The Bertz CT molecular complexity index is 556. The molecule has 1 aromatic carbocycles. The van der Waals surface area contributed by atoms with Crippen LogP contribution in [0.5, 0.6) is 0 Å². The minimum Gasteiger partial charge on any atom is -0.465 e. The molecule has 0 aromatic heterocycles. The van der Waals surface area contributed by atoms with Gasteiger partial charge in [-0.15, -0.1) is 0 Å². The average molecular weight is 315 g/mol. The van der Waals surface area contributed by atoms with Gasteiger partial charge in [-0.05, 0) is 31.4 Å². The fourth-order valence-corrected chi connectivity index (χ4v) is 3.08. The Morgan fingerprint density at radius 1 is 1.14 bits per heavy atom. The van der Waals surface area contributed by atoms with Gasteiger partial charge in [-0.3, -0.25) is 0 Å². The minimum atomic E-state index is -3.72. The van der Waals surface area contributed by atoms with Gasteiger partial charge in [0.05, 0.1) is 17.6 Å². The highest BCUT2D eigenvalue weighted by atomic mass is 32.2. The van der Waals surface area contributed by atoms with Crippen molar-refractivity contribution in [1.82, 2.24) is 4.72 Å². The number of nitrogens with one attached hydrogen (secondary N) is 1. The van der Waals surface area contributed by atoms with Crippen LogP contribution in [0.4, 0.5) is 0 Å². The quantitative estimate of drug-likeness (QED) is 0.552. The normalized spacial score (nSPS) is 11.3. The average Bonchev–Trinajstić information content (AvgIpc) is 2.50. The molecule has 0 heterocycles. The van der Waals surface area contributed by atoms with E-state index in [4.69, 9.17) is 4.74 Å². The van der Waals surface area contributed by atoms with Crippen molar-refractivity contribution in [1.29, 1.82) is 0 Å². The molecule has 0 saturated heterocycles. The van der Waals surface area contributed by atoms with Gasteiger partial charge in [-0.25, -0.2) is 17.9 Å². The summed E-state index contributed by atoms with van der Waals surface area (Å²) in [5.41, 5.74) is 0.0342. The predicted molar refractivity (Wildman–Crippen MR) is 78.7 cm³/mol. The SMILES string of the molecule is COCCCCCNS(=O)(=O)c1ccccc1C(=O)OC. The van der Waals surface area contributed by atoms with Gasteiger partial charge in [0.2, 0.25) is 10.0 Å². The Kier molecular flexibility index (Phi) is 7.35. The summed E-state index contributed by atoms with van der Waals surface area (Å²) < 4.78 is 36.5. The molecule has 0 amide bonds. The van der Waals surface area contributed by atoms with Gasteiger partial charge < -0.3 is 9.47 Å². The maximum Gasteiger partial charge on any atom is 0.339 e. The van der Waals surface area contributed by atoms with Gasteiger partial charge in [0.25, 0.3) is 0 Å². The maximum absolute atomic E-state index is 12.2. The number of rotatable bonds is 9. The molecule has 0 unspecified atom stereocenters. The Hall–Kier alpha value is -1.44. The Morgan fingerprint density at radius 2 is 1.86 bits per heavy atom. The van der Waals surface area contributed by atoms with Gasteiger partial charge in [-0.1, -0.05) is 12.1 Å². The molecule has 1 N–H and O–H groups in total. The number of ether oxygens (including phenoxy) is 2. The zero-order valence-electron chi connectivity index (χ0n) is 12.3. The molecule has 0 bridgehead atoms. The lowest BCUT2D eigenvalue weighted by Gasteiger charge is -2.10. The summed E-state index contributed by atoms with van der Waals surface area (Å²) in [5, 5.41) is 0. The first-order valence-corrected chi connectivity index (χ1v) is 8.17. The summed E-state index contributed by atoms with van der Waals surface area (Å²) in [6, 6.07) is 5.98. The van der Waals surface area contributed by atoms with Crippen molar-refractivity contribution in [3.05, 3.63) is 29.8 Å². The molecule has 0 aliphatic heterocycles. The van der Waals surface area contributed by atoms with E-state index in [9.17, 15) is 13.2 Å². The van der Waals surface area contributed by atoms with Gasteiger partial charge in [0.15, 0.2) is 0 Å². The van der Waals surface area contributed by atoms with Crippen LogP contribution in [0.25, 0.3) is 0 Å². The third-order valence-corrected chi connectivity index (χ3v) is 4.42. The lowest BCUT2D eigenvalue weighted by molar-refractivity contribution is 0.0596. The van der Waals surface area contributed by atoms with Crippen LogP contribution >= 0.6 is 0 Å². The second kappa shape index (κ2) is 8.76. The Morgan fingerprint density at radius 3 is 2.52 bits per heavy atom. The van der Waals surface area contributed by atoms with Crippen LogP contribution in [0, 0.1) is 0 Å². The molecule has 1 rings (SSSR count). The smallest absolute Gasteiger partial charge is 0.339 e. The van der Waals surface area contributed by atoms with E-state index in [0.29, 0.717) is 19.6 Å². The number of hydrogen-bond donors (Lipinski definition) is 1. The first kappa shape index (κ1) is 17.6. The highest BCUT2D eigenvalue weighted by Crippen LogP contribution is 2.16. The predicted octanol–water partition coefficient (Wildman–Crippen LogP) is 1.57. The summed E-state index contributed by atoms with van der Waals surface area (Å²) in [6.45, 7) is 0.986. The van der Waals surface area contributed by atoms with Crippen LogP contribution in [0.2, 0.25) is 0 Å². The number of unbranched alkanes of at least 4 members (excludes halogenated alkanes) is 2. The molecule has 0 saturated carbocycles. The first-order valence-electron chi connectivity index (χ1n) is 6.69. The molecular weight excluding hydrogens is 294 g/mol. The van der Waals surface area contributed by atoms with Gasteiger partial charge in [0.1, 0.15) is 0 Å². The second-order valence-electron chi connectivity index (χ2n) is 4.44. The summed E-state index contributed by atoms with van der Waals surface area (Å²) in [7, 11) is -0.872. The topological polar surface area (TPSA) is 81.7 Å². The first-order chi connectivity index (χ1) is 10.0. The number of methoxy groups -OCH3 is 2. The summed E-state index contributed by atoms with van der Waals surface area (Å²) >= 11 is 0. The van der Waals surface area contributed by atoms with E-state index in [2.05, 4.69) is 9.46 Å². The molecule has 0 aliphatic rings. The van der Waals surface area contributed by atoms with E-state index in [1.165, 1.54) is 19.2 Å². The summed E-state index contributed by atoms with van der Waals surface area (Å²) in [4.78, 5) is 11.5. The molecule has 1 aromatic rings. The van der Waals surface area contributed by atoms with Crippen molar-refractivity contribution >= 4 is 16.0 Å². The number of sulfonamides is 1. The van der Waals surface area contributed by atoms with Crippen LogP contribution in [0.15, 0.2) is 29.2 Å². The third-order valence-electron chi connectivity index (χ3n) is 2.90. The number of benzene rings is 1. The van der Waals surface area contributed by atoms with Crippen molar-refractivity contribution < 1.29 is 22.7 Å². The Labute approximate surface area is 125 Å². The molecular formula is C14H21NO5S. The molecule has 0 fully saturated rings. The van der Waals surface area contributed by atoms with Crippen LogP contribution in [0.3, 0.4) is 0 Å². The molecule has 7 heteroatoms. The summed E-state index contributed by atoms with van der Waals surface area (Å²) in [6.07, 6.45) is 2.47. The molecule has 118 valence electrons. The number of carbonyl (C=O) groups is 1. The van der Waals surface area contributed by atoms with Crippen molar-refractivity contribution in [3.8, 4) is 0 Å². The molecule has 21 heavy (non-hydrogen) atoms. The van der Waals surface area contributed by atoms with Crippen molar-refractivity contribution in [3.63, 3.8) is 0 Å². The zero-order chi connectivity index (χ0) is 15.7. The van der Waals surface area contributed by atoms with Crippen LogP contribution in [-0.4, -0.2) is 41.8 Å². The highest BCUT2D eigenvalue weighted by molar-refractivity contribution is 7.89. The zero-order valence-corrected chi connectivity index (χ0v) is 13.1. The van der Waals surface area contributed by atoms with E-state index in [1.807, 2.05) is 0 Å². The van der Waals surface area contributed by atoms with Crippen molar-refractivity contribution in [2.45, 2.75) is 24.2 Å².